The van der Waals surface area contributed by atoms with Gasteiger partial charge in [-0.15, -0.1) is 0 Å². The van der Waals surface area contributed by atoms with Crippen molar-refractivity contribution in [2.75, 3.05) is 0 Å². The van der Waals surface area contributed by atoms with E-state index in [1.54, 1.807) is 22.3 Å². The molecular weight excluding hydrogens is 492 g/mol. The van der Waals surface area contributed by atoms with Crippen molar-refractivity contribution in [1.29, 1.82) is 0 Å². The second kappa shape index (κ2) is 22.0. The molecule has 0 heterocycles. The largest absolute Gasteiger partial charge is 0.0654 e. The minimum absolute atomic E-state index is 1.16. The summed E-state index contributed by atoms with van der Waals surface area (Å²) in [5.74, 6) is 0. The van der Waals surface area contributed by atoms with Crippen molar-refractivity contribution in [3.8, 4) is 11.1 Å². The van der Waals surface area contributed by atoms with E-state index in [4.69, 9.17) is 0 Å². The zero-order valence-electron chi connectivity index (χ0n) is 27.6. The van der Waals surface area contributed by atoms with Gasteiger partial charge in [0, 0.05) is 0 Å². The van der Waals surface area contributed by atoms with E-state index in [9.17, 15) is 0 Å². The van der Waals surface area contributed by atoms with Crippen LogP contribution in [0.1, 0.15) is 190 Å². The van der Waals surface area contributed by atoms with Crippen LogP contribution in [0.25, 0.3) is 11.1 Å². The monoisotopic (exact) mass is 559 g/mol. The molecule has 0 aromatic heterocycles. The lowest BCUT2D eigenvalue weighted by molar-refractivity contribution is 0.542. The number of unbranched alkanes of at least 4 members (excludes halogenated alkanes) is 22. The summed E-state index contributed by atoms with van der Waals surface area (Å²) in [6.45, 7) is 4.62. The SMILES string of the molecule is CCCCCCCCCCCCCCc1ccc2c(c1CCCCCCCCCCCCCC)Cc1ccccc1-2. The Morgan fingerprint density at radius 1 is 0.415 bits per heavy atom. The summed E-state index contributed by atoms with van der Waals surface area (Å²) < 4.78 is 0. The summed E-state index contributed by atoms with van der Waals surface area (Å²) in [7, 11) is 0. The molecule has 0 aliphatic heterocycles. The number of hydrogen-bond donors (Lipinski definition) is 0. The lowest BCUT2D eigenvalue weighted by atomic mass is 9.89. The topological polar surface area (TPSA) is 0 Å². The van der Waals surface area contributed by atoms with Crippen LogP contribution in [0, 0.1) is 0 Å². The number of fused-ring (bicyclic) bond motifs is 3. The third-order valence-electron chi connectivity index (χ3n) is 9.78. The Morgan fingerprint density at radius 2 is 0.854 bits per heavy atom. The Hall–Kier alpha value is -1.56. The fourth-order valence-corrected chi connectivity index (χ4v) is 7.17. The van der Waals surface area contributed by atoms with Crippen LogP contribution in [0.4, 0.5) is 0 Å². The highest BCUT2D eigenvalue weighted by atomic mass is 14.3. The van der Waals surface area contributed by atoms with E-state index in [-0.39, 0.29) is 0 Å². The third kappa shape index (κ3) is 13.1. The van der Waals surface area contributed by atoms with Gasteiger partial charge in [0.15, 0.2) is 0 Å². The Kier molecular flexibility index (Phi) is 18.2. The van der Waals surface area contributed by atoms with Gasteiger partial charge in [-0.3, -0.25) is 0 Å². The van der Waals surface area contributed by atoms with Crippen molar-refractivity contribution in [2.24, 2.45) is 0 Å². The molecule has 2 aromatic carbocycles. The van der Waals surface area contributed by atoms with Crippen molar-refractivity contribution >= 4 is 0 Å². The van der Waals surface area contributed by atoms with Gasteiger partial charge in [0.25, 0.3) is 0 Å². The average molecular weight is 559 g/mol. The molecule has 2 aromatic rings. The zero-order chi connectivity index (χ0) is 28.8. The molecule has 0 heteroatoms. The van der Waals surface area contributed by atoms with Gasteiger partial charge in [-0.1, -0.05) is 192 Å². The van der Waals surface area contributed by atoms with Gasteiger partial charge in [-0.25, -0.2) is 0 Å². The predicted octanol–water partition coefficient (Wildman–Crippen LogP) is 13.7. The molecule has 0 atom stereocenters. The van der Waals surface area contributed by atoms with Crippen LogP contribution in [-0.2, 0) is 19.3 Å². The van der Waals surface area contributed by atoms with Gasteiger partial charge in [0.2, 0.25) is 0 Å². The highest BCUT2D eigenvalue weighted by Crippen LogP contribution is 2.40. The van der Waals surface area contributed by atoms with E-state index >= 15 is 0 Å². The van der Waals surface area contributed by atoms with Crippen LogP contribution in [0.3, 0.4) is 0 Å². The summed E-state index contributed by atoms with van der Waals surface area (Å²) in [5, 5.41) is 0. The van der Waals surface area contributed by atoms with Crippen LogP contribution in [-0.4, -0.2) is 0 Å². The van der Waals surface area contributed by atoms with E-state index in [1.165, 1.54) is 178 Å². The first-order valence-corrected chi connectivity index (χ1v) is 18.6. The van der Waals surface area contributed by atoms with E-state index in [1.807, 2.05) is 0 Å². The maximum atomic E-state index is 2.51. The highest BCUT2D eigenvalue weighted by Gasteiger charge is 2.22. The van der Waals surface area contributed by atoms with E-state index < -0.39 is 0 Å². The number of rotatable bonds is 26. The minimum Gasteiger partial charge on any atom is -0.0654 e. The van der Waals surface area contributed by atoms with Gasteiger partial charge in [0.1, 0.15) is 0 Å². The number of aryl methyl sites for hydroxylation is 1. The number of benzene rings is 2. The molecule has 0 nitrogen and oxygen atoms in total. The van der Waals surface area contributed by atoms with Gasteiger partial charge < -0.3 is 0 Å². The molecule has 230 valence electrons. The Morgan fingerprint density at radius 3 is 1.37 bits per heavy atom. The Labute approximate surface area is 256 Å². The van der Waals surface area contributed by atoms with Crippen molar-refractivity contribution in [3.63, 3.8) is 0 Å². The Bertz CT molecular complexity index is 922. The highest BCUT2D eigenvalue weighted by molar-refractivity contribution is 5.78. The summed E-state index contributed by atoms with van der Waals surface area (Å²) in [5.41, 5.74) is 9.65. The van der Waals surface area contributed by atoms with Crippen molar-refractivity contribution < 1.29 is 0 Å². The number of hydrogen-bond acceptors (Lipinski definition) is 0. The van der Waals surface area contributed by atoms with Crippen LogP contribution in [0.15, 0.2) is 36.4 Å². The zero-order valence-corrected chi connectivity index (χ0v) is 27.6. The maximum Gasteiger partial charge on any atom is -0.00106 e. The Balaban J connectivity index is 1.36. The van der Waals surface area contributed by atoms with Crippen molar-refractivity contribution in [2.45, 2.75) is 187 Å². The molecule has 0 unspecified atom stereocenters. The first kappa shape index (κ1) is 33.9. The van der Waals surface area contributed by atoms with Crippen LogP contribution in [0.5, 0.6) is 0 Å². The van der Waals surface area contributed by atoms with E-state index in [0.717, 1.165) is 6.42 Å². The molecule has 41 heavy (non-hydrogen) atoms. The smallest absolute Gasteiger partial charge is 0.00106 e. The molecule has 0 saturated heterocycles. The van der Waals surface area contributed by atoms with Gasteiger partial charge >= 0.3 is 0 Å². The normalized spacial score (nSPS) is 12.1. The quantitative estimate of drug-likeness (QED) is 0.0859. The summed E-state index contributed by atoms with van der Waals surface area (Å²) in [4.78, 5) is 0. The van der Waals surface area contributed by atoms with Crippen LogP contribution >= 0.6 is 0 Å². The molecule has 0 fully saturated rings. The molecule has 0 spiro atoms. The average Bonchev–Trinajstić information content (AvgIpc) is 3.37. The summed E-state index contributed by atoms with van der Waals surface area (Å²) >= 11 is 0. The fourth-order valence-electron chi connectivity index (χ4n) is 7.17. The predicted molar refractivity (Wildman–Crippen MR) is 184 cm³/mol. The van der Waals surface area contributed by atoms with Gasteiger partial charge in [0.05, 0.1) is 0 Å². The second-order valence-corrected chi connectivity index (χ2v) is 13.3. The molecule has 0 bridgehead atoms. The second-order valence-electron chi connectivity index (χ2n) is 13.3. The molecular formula is C41H66. The third-order valence-corrected chi connectivity index (χ3v) is 9.78. The van der Waals surface area contributed by atoms with E-state index in [0.29, 0.717) is 0 Å². The molecule has 0 amide bonds. The van der Waals surface area contributed by atoms with Crippen LogP contribution < -0.4 is 0 Å². The lowest BCUT2D eigenvalue weighted by Crippen LogP contribution is -2.01. The standard InChI is InChI=1S/C41H66/c1-3-5-7-9-11-13-15-17-19-21-23-25-29-36-33-34-40-39-32-28-27-30-37(39)35-41(40)38(36)31-26-24-22-20-18-16-14-12-10-8-6-4-2/h27-28,30,32-34H,3-26,29,31,35H2,1-2H3. The van der Waals surface area contributed by atoms with Crippen LogP contribution in [0.2, 0.25) is 0 Å². The lowest BCUT2D eigenvalue weighted by Gasteiger charge is -2.15. The maximum absolute atomic E-state index is 2.51. The molecule has 3 rings (SSSR count). The van der Waals surface area contributed by atoms with E-state index in [2.05, 4.69) is 50.2 Å². The van der Waals surface area contributed by atoms with Crippen molar-refractivity contribution in [1.82, 2.24) is 0 Å². The fraction of sp³-hybridized carbons (Fsp3) is 0.707. The molecule has 1 aliphatic carbocycles. The molecule has 0 radical (unpaired) electrons. The summed E-state index contributed by atoms with van der Waals surface area (Å²) in [6.07, 6.45) is 38.1. The van der Waals surface area contributed by atoms with Crippen molar-refractivity contribution in [3.05, 3.63) is 58.7 Å². The summed E-state index contributed by atoms with van der Waals surface area (Å²) in [6, 6.07) is 14.1. The first-order chi connectivity index (χ1) is 20.3. The molecule has 1 aliphatic rings. The first-order valence-electron chi connectivity index (χ1n) is 18.6. The molecule has 0 saturated carbocycles. The van der Waals surface area contributed by atoms with Gasteiger partial charge in [-0.2, -0.15) is 0 Å². The van der Waals surface area contributed by atoms with Gasteiger partial charge in [-0.05, 0) is 65.5 Å². The minimum atomic E-state index is 1.16. The molecule has 0 N–H and O–H groups in total.